The lowest BCUT2D eigenvalue weighted by Gasteiger charge is -2.32. The highest BCUT2D eigenvalue weighted by Gasteiger charge is 2.22. The first-order valence-corrected chi connectivity index (χ1v) is 10.0. The van der Waals surface area contributed by atoms with Gasteiger partial charge in [0.15, 0.2) is 0 Å². The largest absolute Gasteiger partial charge is 0.497 e. The third-order valence-corrected chi connectivity index (χ3v) is 5.44. The molecule has 1 amide bonds. The summed E-state index contributed by atoms with van der Waals surface area (Å²) in [5, 5.41) is 12.0. The first-order chi connectivity index (χ1) is 14.0. The van der Waals surface area contributed by atoms with Crippen LogP contribution < -0.4 is 10.1 Å². The Morgan fingerprint density at radius 1 is 1.14 bits per heavy atom. The summed E-state index contributed by atoms with van der Waals surface area (Å²) in [7, 11) is 1.63. The van der Waals surface area contributed by atoms with Crippen molar-refractivity contribution in [1.29, 1.82) is 0 Å². The van der Waals surface area contributed by atoms with Crippen LogP contribution in [0.15, 0.2) is 48.5 Å². The molecular weight excluding hydrogens is 368 g/mol. The van der Waals surface area contributed by atoms with Gasteiger partial charge in [0.1, 0.15) is 5.75 Å². The fourth-order valence-corrected chi connectivity index (χ4v) is 3.72. The molecule has 0 aromatic heterocycles. The van der Waals surface area contributed by atoms with Crippen molar-refractivity contribution in [3.8, 4) is 5.75 Å². The van der Waals surface area contributed by atoms with Crippen molar-refractivity contribution in [2.24, 2.45) is 0 Å². The molecule has 0 bridgehead atoms. The van der Waals surface area contributed by atoms with E-state index in [1.54, 1.807) is 19.2 Å². The van der Waals surface area contributed by atoms with E-state index in [-0.39, 0.29) is 5.91 Å². The Labute approximate surface area is 171 Å². The van der Waals surface area contributed by atoms with E-state index in [4.69, 9.17) is 9.84 Å². The summed E-state index contributed by atoms with van der Waals surface area (Å²) in [6.07, 6.45) is 2.65. The number of carbonyl (C=O) groups is 2. The number of piperidine rings is 1. The Kier molecular flexibility index (Phi) is 7.25. The third-order valence-electron chi connectivity index (χ3n) is 5.44. The lowest BCUT2D eigenvalue weighted by Crippen LogP contribution is -2.37. The van der Waals surface area contributed by atoms with Gasteiger partial charge in [-0.15, -0.1) is 0 Å². The van der Waals surface area contributed by atoms with E-state index in [1.807, 2.05) is 36.4 Å². The van der Waals surface area contributed by atoms with Crippen molar-refractivity contribution in [3.05, 3.63) is 65.2 Å². The summed E-state index contributed by atoms with van der Waals surface area (Å²) < 4.78 is 5.14. The number of carboxylic acids is 1. The maximum absolute atomic E-state index is 12.2. The molecule has 29 heavy (non-hydrogen) atoms. The van der Waals surface area contributed by atoms with Gasteiger partial charge in [0.25, 0.3) is 0 Å². The Bertz CT molecular complexity index is 818. The van der Waals surface area contributed by atoms with Crippen LogP contribution in [-0.2, 0) is 11.3 Å². The van der Waals surface area contributed by atoms with Crippen LogP contribution in [0.25, 0.3) is 0 Å². The molecule has 1 fully saturated rings. The van der Waals surface area contributed by atoms with E-state index in [0.29, 0.717) is 24.4 Å². The van der Waals surface area contributed by atoms with Crippen molar-refractivity contribution in [2.75, 3.05) is 26.7 Å². The van der Waals surface area contributed by atoms with Gasteiger partial charge in [0, 0.05) is 26.1 Å². The van der Waals surface area contributed by atoms with E-state index in [9.17, 15) is 9.59 Å². The standard InChI is InChI=1S/C23H28N2O4/c1-29-21-10-4-17(5-11-21)15-24-22(26)12-14-25-13-2-3-20(16-25)18-6-8-19(9-7-18)23(27)28/h4-11,20H,2-3,12-16H2,1H3,(H,24,26)(H,27,28)/t20-/m1/s1. The average molecular weight is 396 g/mol. The molecule has 3 rings (SSSR count). The molecule has 154 valence electrons. The van der Waals surface area contributed by atoms with Gasteiger partial charge in [-0.2, -0.15) is 0 Å². The number of rotatable bonds is 8. The topological polar surface area (TPSA) is 78.9 Å². The van der Waals surface area contributed by atoms with Crippen LogP contribution in [0, 0.1) is 0 Å². The summed E-state index contributed by atoms with van der Waals surface area (Å²) in [4.78, 5) is 25.6. The molecule has 2 aromatic carbocycles. The molecule has 2 aromatic rings. The Morgan fingerprint density at radius 2 is 1.86 bits per heavy atom. The van der Waals surface area contributed by atoms with Gasteiger partial charge in [0.05, 0.1) is 12.7 Å². The molecule has 1 heterocycles. The van der Waals surface area contributed by atoms with Crippen molar-refractivity contribution >= 4 is 11.9 Å². The van der Waals surface area contributed by atoms with Crippen LogP contribution in [0.2, 0.25) is 0 Å². The number of nitrogens with one attached hydrogen (secondary N) is 1. The Balaban J connectivity index is 1.43. The number of methoxy groups -OCH3 is 1. The van der Waals surface area contributed by atoms with Crippen LogP contribution in [0.3, 0.4) is 0 Å². The quantitative estimate of drug-likeness (QED) is 0.716. The maximum Gasteiger partial charge on any atom is 0.335 e. The third kappa shape index (κ3) is 6.06. The SMILES string of the molecule is COc1ccc(CNC(=O)CCN2CCC[C@@H](c3ccc(C(=O)O)cc3)C2)cc1. The molecule has 0 unspecified atom stereocenters. The summed E-state index contributed by atoms with van der Waals surface area (Å²) >= 11 is 0. The number of likely N-dealkylation sites (tertiary alicyclic amines) is 1. The number of amides is 1. The predicted molar refractivity (Wildman–Crippen MR) is 111 cm³/mol. The highest BCUT2D eigenvalue weighted by molar-refractivity contribution is 5.87. The molecule has 6 nitrogen and oxygen atoms in total. The lowest BCUT2D eigenvalue weighted by molar-refractivity contribution is -0.121. The summed E-state index contributed by atoms with van der Waals surface area (Å²) in [6.45, 7) is 3.15. The zero-order chi connectivity index (χ0) is 20.6. The number of nitrogens with zero attached hydrogens (tertiary/aromatic N) is 1. The Hall–Kier alpha value is -2.86. The van der Waals surface area contributed by atoms with Crippen molar-refractivity contribution in [3.63, 3.8) is 0 Å². The smallest absolute Gasteiger partial charge is 0.335 e. The highest BCUT2D eigenvalue weighted by atomic mass is 16.5. The minimum atomic E-state index is -0.900. The van der Waals surface area contributed by atoms with Crippen molar-refractivity contribution in [1.82, 2.24) is 10.2 Å². The predicted octanol–water partition coefficient (Wildman–Crippen LogP) is 3.28. The fraction of sp³-hybridized carbons (Fsp3) is 0.391. The number of hydrogen-bond acceptors (Lipinski definition) is 4. The molecule has 1 saturated heterocycles. The molecule has 0 saturated carbocycles. The molecule has 1 atom stereocenters. The zero-order valence-electron chi connectivity index (χ0n) is 16.8. The van der Waals surface area contributed by atoms with Gasteiger partial charge in [-0.1, -0.05) is 24.3 Å². The summed E-state index contributed by atoms with van der Waals surface area (Å²) in [6, 6.07) is 14.8. The highest BCUT2D eigenvalue weighted by Crippen LogP contribution is 2.27. The van der Waals surface area contributed by atoms with Crippen LogP contribution in [0.4, 0.5) is 0 Å². The molecular formula is C23H28N2O4. The van der Waals surface area contributed by atoms with Crippen LogP contribution in [0.5, 0.6) is 5.75 Å². The monoisotopic (exact) mass is 396 g/mol. The first kappa shape index (κ1) is 20.9. The molecule has 2 N–H and O–H groups in total. The van der Waals surface area contributed by atoms with Gasteiger partial charge in [0.2, 0.25) is 5.91 Å². The maximum atomic E-state index is 12.2. The molecule has 6 heteroatoms. The van der Waals surface area contributed by atoms with Crippen LogP contribution >= 0.6 is 0 Å². The number of hydrogen-bond donors (Lipinski definition) is 2. The number of aromatic carboxylic acids is 1. The second-order valence-corrected chi connectivity index (χ2v) is 7.44. The van der Waals surface area contributed by atoms with Crippen molar-refractivity contribution in [2.45, 2.75) is 31.7 Å². The molecule has 0 aliphatic carbocycles. The van der Waals surface area contributed by atoms with E-state index < -0.39 is 5.97 Å². The van der Waals surface area contributed by atoms with Crippen molar-refractivity contribution < 1.29 is 19.4 Å². The zero-order valence-corrected chi connectivity index (χ0v) is 16.8. The molecule has 0 spiro atoms. The van der Waals surface area contributed by atoms with E-state index in [0.717, 1.165) is 43.8 Å². The average Bonchev–Trinajstić information content (AvgIpc) is 2.77. The second-order valence-electron chi connectivity index (χ2n) is 7.44. The van der Waals surface area contributed by atoms with Crippen LogP contribution in [-0.4, -0.2) is 48.6 Å². The van der Waals surface area contributed by atoms with Crippen LogP contribution in [0.1, 0.15) is 46.7 Å². The molecule has 0 radical (unpaired) electrons. The second kappa shape index (κ2) is 10.1. The first-order valence-electron chi connectivity index (χ1n) is 10.0. The number of ether oxygens (including phenoxy) is 1. The number of carboxylic acid groups (broad SMARTS) is 1. The van der Waals surface area contributed by atoms with E-state index in [2.05, 4.69) is 10.2 Å². The molecule has 1 aliphatic heterocycles. The summed E-state index contributed by atoms with van der Waals surface area (Å²) in [5.41, 5.74) is 2.53. The van der Waals surface area contributed by atoms with Gasteiger partial charge >= 0.3 is 5.97 Å². The summed E-state index contributed by atoms with van der Waals surface area (Å²) in [5.74, 6) is 0.336. The normalized spacial score (nSPS) is 16.9. The number of carbonyl (C=O) groups excluding carboxylic acids is 1. The molecule has 1 aliphatic rings. The minimum Gasteiger partial charge on any atom is -0.497 e. The minimum absolute atomic E-state index is 0.0498. The van der Waals surface area contributed by atoms with Gasteiger partial charge < -0.3 is 20.1 Å². The van der Waals surface area contributed by atoms with E-state index in [1.165, 1.54) is 5.56 Å². The fourth-order valence-electron chi connectivity index (χ4n) is 3.72. The van der Waals surface area contributed by atoms with Gasteiger partial charge in [-0.25, -0.2) is 4.79 Å². The lowest BCUT2D eigenvalue weighted by atomic mass is 9.90. The van der Waals surface area contributed by atoms with Gasteiger partial charge in [-0.3, -0.25) is 4.79 Å². The van der Waals surface area contributed by atoms with Gasteiger partial charge in [-0.05, 0) is 60.7 Å². The van der Waals surface area contributed by atoms with E-state index >= 15 is 0 Å². The number of benzene rings is 2. The Morgan fingerprint density at radius 3 is 2.52 bits per heavy atom.